The number of H-pyrrole nitrogens is 1. The van der Waals surface area contributed by atoms with Gasteiger partial charge in [-0.2, -0.15) is 9.21 Å². The molecule has 3 aromatic rings. The van der Waals surface area contributed by atoms with E-state index < -0.39 is 10.0 Å². The molecule has 36 heavy (non-hydrogen) atoms. The Morgan fingerprint density at radius 1 is 1.19 bits per heavy atom. The van der Waals surface area contributed by atoms with Crippen LogP contribution in [0, 0.1) is 11.8 Å². The molecule has 0 atom stereocenters. The van der Waals surface area contributed by atoms with Crippen molar-refractivity contribution in [2.75, 3.05) is 19.7 Å². The van der Waals surface area contributed by atoms with E-state index in [1.807, 2.05) is 6.92 Å². The summed E-state index contributed by atoms with van der Waals surface area (Å²) in [6, 6.07) is 4.19. The molecule has 0 aliphatic carbocycles. The van der Waals surface area contributed by atoms with Crippen molar-refractivity contribution in [3.63, 3.8) is 0 Å². The van der Waals surface area contributed by atoms with Gasteiger partial charge in [0.25, 0.3) is 5.56 Å². The first kappa shape index (κ1) is 26.0. The molecule has 12 heteroatoms. The van der Waals surface area contributed by atoms with E-state index in [1.54, 1.807) is 17.5 Å². The predicted molar refractivity (Wildman–Crippen MR) is 136 cm³/mol. The summed E-state index contributed by atoms with van der Waals surface area (Å²) in [7, 11) is -3.83. The van der Waals surface area contributed by atoms with Crippen molar-refractivity contribution in [3.8, 4) is 17.1 Å². The number of fused-ring (bicyclic) bond motifs is 1. The van der Waals surface area contributed by atoms with E-state index in [0.29, 0.717) is 54.2 Å². The molecule has 3 heterocycles. The highest BCUT2D eigenvalue weighted by Crippen LogP contribution is 2.32. The molecule has 1 saturated heterocycles. The molecule has 4 rings (SSSR count). The van der Waals surface area contributed by atoms with Gasteiger partial charge in [-0.05, 0) is 51.3 Å². The van der Waals surface area contributed by atoms with Crippen molar-refractivity contribution in [1.29, 1.82) is 0 Å². The molecule has 1 fully saturated rings. The zero-order valence-electron chi connectivity index (χ0n) is 20.9. The Labute approximate surface area is 209 Å². The number of imidazole rings is 1. The first-order chi connectivity index (χ1) is 17.3. The molecule has 0 amide bonds. The normalized spacial score (nSPS) is 15.4. The number of rotatable bonds is 10. The van der Waals surface area contributed by atoms with Gasteiger partial charge in [0, 0.05) is 19.5 Å². The minimum atomic E-state index is -3.83. The molecule has 2 aromatic heterocycles. The van der Waals surface area contributed by atoms with Crippen molar-refractivity contribution < 1.29 is 13.2 Å². The topological polar surface area (TPSA) is 139 Å². The van der Waals surface area contributed by atoms with Crippen LogP contribution in [0.15, 0.2) is 33.1 Å². The van der Waals surface area contributed by atoms with Crippen molar-refractivity contribution in [2.45, 2.75) is 70.2 Å². The molecule has 0 radical (unpaired) electrons. The van der Waals surface area contributed by atoms with Gasteiger partial charge in [-0.1, -0.05) is 24.9 Å². The average Bonchev–Trinajstić information content (AvgIpc) is 3.20. The van der Waals surface area contributed by atoms with Crippen molar-refractivity contribution in [2.24, 2.45) is 5.18 Å². The highest BCUT2D eigenvalue weighted by Gasteiger charge is 2.31. The maximum Gasteiger partial charge on any atom is 0.277 e. The smallest absolute Gasteiger partial charge is 0.277 e. The Bertz CT molecular complexity index is 1410. The summed E-state index contributed by atoms with van der Waals surface area (Å²) >= 11 is 0. The van der Waals surface area contributed by atoms with Gasteiger partial charge in [0.1, 0.15) is 11.6 Å². The molecule has 1 aromatic carbocycles. The zero-order valence-corrected chi connectivity index (χ0v) is 21.7. The van der Waals surface area contributed by atoms with Gasteiger partial charge in [0.05, 0.1) is 28.8 Å². The Balaban J connectivity index is 1.79. The van der Waals surface area contributed by atoms with E-state index in [2.05, 4.69) is 27.2 Å². The third-order valence-electron chi connectivity index (χ3n) is 6.46. The zero-order chi connectivity index (χ0) is 25.9. The van der Waals surface area contributed by atoms with E-state index in [4.69, 9.17) is 4.74 Å². The number of nitrogens with one attached hydrogen (secondary N) is 1. The highest BCUT2D eigenvalue weighted by atomic mass is 32.2. The van der Waals surface area contributed by atoms with Crippen LogP contribution in [0.4, 0.5) is 0 Å². The monoisotopic (exact) mass is 516 g/mol. The van der Waals surface area contributed by atoms with Crippen LogP contribution in [0.3, 0.4) is 0 Å². The lowest BCUT2D eigenvalue weighted by molar-refractivity contribution is 0.320. The molecular formula is C24H32N6O5S. The van der Waals surface area contributed by atoms with Crippen molar-refractivity contribution in [3.05, 3.63) is 45.0 Å². The third kappa shape index (κ3) is 5.05. The number of aromatic amines is 1. The van der Waals surface area contributed by atoms with Crippen molar-refractivity contribution >= 4 is 15.5 Å². The number of nitroso groups, excluding NO2 is 1. The molecule has 0 saturated carbocycles. The lowest BCUT2D eigenvalue weighted by Gasteiger charge is -2.28. The van der Waals surface area contributed by atoms with Gasteiger partial charge in [-0.3, -0.25) is 4.79 Å². The number of aryl methyl sites for hydroxylation is 2. The molecule has 0 spiro atoms. The lowest BCUT2D eigenvalue weighted by Crippen LogP contribution is -2.39. The number of unbranched alkanes of at least 4 members (excludes halogenated alkanes) is 2. The molecule has 1 aliphatic rings. The van der Waals surface area contributed by atoms with Gasteiger partial charge >= 0.3 is 0 Å². The van der Waals surface area contributed by atoms with Crippen LogP contribution >= 0.6 is 0 Å². The van der Waals surface area contributed by atoms with Crippen molar-refractivity contribution in [1.82, 2.24) is 23.9 Å². The fourth-order valence-electron chi connectivity index (χ4n) is 4.53. The average molecular weight is 517 g/mol. The number of ether oxygens (including phenoxy) is 1. The van der Waals surface area contributed by atoms with E-state index >= 15 is 0 Å². The number of aromatic nitrogens is 4. The molecular weight excluding hydrogens is 484 g/mol. The summed E-state index contributed by atoms with van der Waals surface area (Å²) in [4.78, 5) is 31.3. The fraction of sp³-hybridized carbons (Fsp3) is 0.542. The molecule has 1 N–H and O–H groups in total. The second kappa shape index (κ2) is 10.9. The third-order valence-corrected chi connectivity index (χ3v) is 8.36. The predicted octanol–water partition coefficient (Wildman–Crippen LogP) is 3.44. The van der Waals surface area contributed by atoms with E-state index in [1.165, 1.54) is 16.4 Å². The molecule has 0 bridgehead atoms. The number of sulfonamides is 1. The number of piperidine rings is 1. The number of nitrogens with zero attached hydrogens (tertiary/aromatic N) is 5. The molecule has 1 aliphatic heterocycles. The summed E-state index contributed by atoms with van der Waals surface area (Å²) < 4.78 is 35.5. The minimum absolute atomic E-state index is 0.0613. The van der Waals surface area contributed by atoms with Gasteiger partial charge in [0.15, 0.2) is 11.3 Å². The molecule has 194 valence electrons. The number of hydrogen-bond acceptors (Lipinski definition) is 8. The summed E-state index contributed by atoms with van der Waals surface area (Å²) in [5, 5.41) is 7.72. The first-order valence-corrected chi connectivity index (χ1v) is 13.8. The second-order valence-corrected chi connectivity index (χ2v) is 10.9. The van der Waals surface area contributed by atoms with Crippen LogP contribution in [-0.4, -0.2) is 58.0 Å². The summed E-state index contributed by atoms with van der Waals surface area (Å²) in [6.45, 7) is 6.51. The van der Waals surface area contributed by atoms with E-state index in [-0.39, 0.29) is 35.4 Å². The molecule has 11 nitrogen and oxygen atoms in total. The van der Waals surface area contributed by atoms with Crippen LogP contribution in [0.5, 0.6) is 5.75 Å². The quantitative estimate of drug-likeness (QED) is 0.322. The second-order valence-electron chi connectivity index (χ2n) is 8.97. The van der Waals surface area contributed by atoms with Gasteiger partial charge in [0.2, 0.25) is 10.0 Å². The minimum Gasteiger partial charge on any atom is -0.493 e. The Hall–Kier alpha value is -3.12. The van der Waals surface area contributed by atoms with Crippen LogP contribution in [0.1, 0.15) is 57.5 Å². The maximum atomic E-state index is 13.4. The number of hydrogen-bond donors (Lipinski definition) is 1. The van der Waals surface area contributed by atoms with Crippen LogP contribution in [0.25, 0.3) is 16.9 Å². The summed E-state index contributed by atoms with van der Waals surface area (Å²) in [5.74, 6) is 1.30. The summed E-state index contributed by atoms with van der Waals surface area (Å²) in [6.07, 6.45) is 4.48. The van der Waals surface area contributed by atoms with E-state index in [9.17, 15) is 18.1 Å². The number of benzene rings is 1. The largest absolute Gasteiger partial charge is 0.493 e. The maximum absolute atomic E-state index is 13.4. The van der Waals surface area contributed by atoms with Gasteiger partial charge < -0.3 is 9.72 Å². The van der Waals surface area contributed by atoms with E-state index in [0.717, 1.165) is 19.3 Å². The standard InChI is InChI=1S/C24H32N6O5S/c1-4-6-7-8-21-25-16(3)22-24(31)26-23(27-30(21)22)19-15-18(9-10-20(19)35-5-2)36(33,34)29-13-11-17(28-32)12-14-29/h9-10,15,17H,4-8,11-14H2,1-3H3,(H,26,27,31). The molecule has 0 unspecified atom stereocenters. The Morgan fingerprint density at radius 3 is 2.61 bits per heavy atom. The van der Waals surface area contributed by atoms with Gasteiger partial charge in [-0.15, -0.1) is 5.10 Å². The first-order valence-electron chi connectivity index (χ1n) is 12.4. The fourth-order valence-corrected chi connectivity index (χ4v) is 6.02. The van der Waals surface area contributed by atoms with Crippen LogP contribution in [0.2, 0.25) is 0 Å². The van der Waals surface area contributed by atoms with Crippen LogP contribution in [-0.2, 0) is 16.4 Å². The lowest BCUT2D eigenvalue weighted by atomic mass is 10.1. The van der Waals surface area contributed by atoms with Gasteiger partial charge in [-0.25, -0.2) is 17.9 Å². The van der Waals surface area contributed by atoms with Crippen LogP contribution < -0.4 is 10.3 Å². The SMILES string of the molecule is CCCCCc1nc(C)c2c(=O)[nH]c(-c3cc(S(=O)(=O)N4CCC(N=O)CC4)ccc3OCC)nn12. The summed E-state index contributed by atoms with van der Waals surface area (Å²) in [5.41, 5.74) is 0.980. The Morgan fingerprint density at radius 2 is 1.94 bits per heavy atom. The Kier molecular flexibility index (Phi) is 7.84. The highest BCUT2D eigenvalue weighted by molar-refractivity contribution is 7.89.